The van der Waals surface area contributed by atoms with Gasteiger partial charge in [-0.05, 0) is 12.1 Å². The maximum atomic E-state index is 12.4. The van der Waals surface area contributed by atoms with Crippen molar-refractivity contribution in [2.24, 2.45) is 0 Å². The molecule has 0 aliphatic rings. The van der Waals surface area contributed by atoms with Crippen LogP contribution < -0.4 is 4.74 Å². The summed E-state index contributed by atoms with van der Waals surface area (Å²) >= 11 is 11.1. The number of alkyl halides is 4. The van der Waals surface area contributed by atoms with Gasteiger partial charge in [0.1, 0.15) is 5.75 Å². The lowest BCUT2D eigenvalue weighted by atomic mass is 10.1. The highest BCUT2D eigenvalue weighted by molar-refractivity contribution is 6.32. The van der Waals surface area contributed by atoms with Crippen molar-refractivity contribution in [2.45, 2.75) is 12.1 Å². The van der Waals surface area contributed by atoms with Gasteiger partial charge >= 0.3 is 6.18 Å². The average molecular weight is 259 g/mol. The largest absolute Gasteiger partial charge is 0.495 e. The maximum Gasteiger partial charge on any atom is 0.416 e. The van der Waals surface area contributed by atoms with E-state index >= 15 is 0 Å². The maximum absolute atomic E-state index is 12.4. The second-order valence-electron chi connectivity index (χ2n) is 2.78. The van der Waals surface area contributed by atoms with E-state index in [-0.39, 0.29) is 22.2 Å². The minimum atomic E-state index is -4.43. The first kappa shape index (κ1) is 12.5. The third kappa shape index (κ3) is 2.69. The highest BCUT2D eigenvalue weighted by Crippen LogP contribution is 2.37. The molecule has 1 aromatic carbocycles. The van der Waals surface area contributed by atoms with Gasteiger partial charge < -0.3 is 4.74 Å². The van der Waals surface area contributed by atoms with Gasteiger partial charge in [-0.2, -0.15) is 13.2 Å². The van der Waals surface area contributed by atoms with Crippen molar-refractivity contribution in [1.29, 1.82) is 0 Å². The Bertz CT molecular complexity index is 363. The molecule has 0 aromatic heterocycles. The SMILES string of the molecule is COc1c(Cl)cc(C(F)(F)F)cc1CCl. The molecule has 1 aromatic rings. The van der Waals surface area contributed by atoms with Gasteiger partial charge in [-0.15, -0.1) is 11.6 Å². The molecule has 0 N–H and O–H groups in total. The molecule has 0 radical (unpaired) electrons. The smallest absolute Gasteiger partial charge is 0.416 e. The summed E-state index contributed by atoms with van der Waals surface area (Å²) in [5.74, 6) is 0.0898. The molecule has 0 heterocycles. The lowest BCUT2D eigenvalue weighted by Gasteiger charge is -2.12. The van der Waals surface area contributed by atoms with Gasteiger partial charge in [0.05, 0.1) is 23.6 Å². The van der Waals surface area contributed by atoms with E-state index in [1.165, 1.54) is 7.11 Å². The van der Waals surface area contributed by atoms with Crippen LogP contribution in [0.2, 0.25) is 5.02 Å². The number of halogens is 5. The standard InChI is InChI=1S/C9H7Cl2F3O/c1-15-8-5(4-10)2-6(3-7(8)11)9(12,13)14/h2-3H,4H2,1H3. The molecule has 0 saturated carbocycles. The fourth-order valence-corrected chi connectivity index (χ4v) is 1.66. The van der Waals surface area contributed by atoms with Gasteiger partial charge in [-0.1, -0.05) is 11.6 Å². The van der Waals surface area contributed by atoms with Gasteiger partial charge in [-0.3, -0.25) is 0 Å². The van der Waals surface area contributed by atoms with Crippen LogP contribution in [-0.4, -0.2) is 7.11 Å². The molecule has 1 rings (SSSR count). The quantitative estimate of drug-likeness (QED) is 0.726. The van der Waals surface area contributed by atoms with Crippen molar-refractivity contribution in [2.75, 3.05) is 7.11 Å². The van der Waals surface area contributed by atoms with Crippen molar-refractivity contribution in [1.82, 2.24) is 0 Å². The van der Waals surface area contributed by atoms with Crippen molar-refractivity contribution < 1.29 is 17.9 Å². The first-order valence-corrected chi connectivity index (χ1v) is 4.81. The highest BCUT2D eigenvalue weighted by Gasteiger charge is 2.32. The number of rotatable bonds is 2. The van der Waals surface area contributed by atoms with E-state index < -0.39 is 11.7 Å². The van der Waals surface area contributed by atoms with Gasteiger partial charge in [-0.25, -0.2) is 0 Å². The molecule has 0 aliphatic carbocycles. The lowest BCUT2D eigenvalue weighted by molar-refractivity contribution is -0.137. The van der Waals surface area contributed by atoms with Crippen LogP contribution in [-0.2, 0) is 12.1 Å². The molecule has 0 fully saturated rings. The fourth-order valence-electron chi connectivity index (χ4n) is 1.14. The molecule has 0 bridgehead atoms. The summed E-state index contributed by atoms with van der Waals surface area (Å²) in [4.78, 5) is 0. The van der Waals surface area contributed by atoms with E-state index in [2.05, 4.69) is 0 Å². The van der Waals surface area contributed by atoms with Gasteiger partial charge in [0.15, 0.2) is 0 Å². The molecule has 6 heteroatoms. The van der Waals surface area contributed by atoms with E-state index in [1.807, 2.05) is 0 Å². The van der Waals surface area contributed by atoms with E-state index in [9.17, 15) is 13.2 Å². The van der Waals surface area contributed by atoms with Crippen LogP contribution in [0.15, 0.2) is 12.1 Å². The van der Waals surface area contributed by atoms with Crippen LogP contribution in [0.5, 0.6) is 5.75 Å². The first-order chi connectivity index (χ1) is 6.90. The van der Waals surface area contributed by atoms with Crippen LogP contribution in [0.25, 0.3) is 0 Å². The number of hydrogen-bond acceptors (Lipinski definition) is 1. The Labute approximate surface area is 94.7 Å². The van der Waals surface area contributed by atoms with E-state index in [4.69, 9.17) is 27.9 Å². The Hall–Kier alpha value is -0.610. The Morgan fingerprint density at radius 1 is 1.33 bits per heavy atom. The van der Waals surface area contributed by atoms with Crippen LogP contribution in [0.1, 0.15) is 11.1 Å². The molecule has 1 nitrogen and oxygen atoms in total. The molecule has 0 atom stereocenters. The molecule has 0 saturated heterocycles. The molecule has 0 unspecified atom stereocenters. The Balaban J connectivity index is 3.32. The van der Waals surface area contributed by atoms with Gasteiger partial charge in [0, 0.05) is 5.56 Å². The summed E-state index contributed by atoms with van der Waals surface area (Å²) < 4.78 is 42.0. The Morgan fingerprint density at radius 2 is 1.93 bits per heavy atom. The van der Waals surface area contributed by atoms with Crippen LogP contribution >= 0.6 is 23.2 Å². The minimum Gasteiger partial charge on any atom is -0.495 e. The average Bonchev–Trinajstić information content (AvgIpc) is 2.15. The summed E-state index contributed by atoms with van der Waals surface area (Å²) in [6.45, 7) is 0. The van der Waals surface area contributed by atoms with Crippen molar-refractivity contribution in [3.05, 3.63) is 28.3 Å². The summed E-state index contributed by atoms with van der Waals surface area (Å²) in [7, 11) is 1.32. The number of hydrogen-bond donors (Lipinski definition) is 0. The van der Waals surface area contributed by atoms with E-state index in [0.29, 0.717) is 0 Å². The van der Waals surface area contributed by atoms with Gasteiger partial charge in [0.2, 0.25) is 0 Å². The zero-order valence-electron chi connectivity index (χ0n) is 7.66. The van der Waals surface area contributed by atoms with Crippen LogP contribution in [0.3, 0.4) is 0 Å². The van der Waals surface area contributed by atoms with Gasteiger partial charge in [0.25, 0.3) is 0 Å². The summed E-state index contributed by atoms with van der Waals surface area (Å²) in [6, 6.07) is 1.74. The molecule has 84 valence electrons. The van der Waals surface area contributed by atoms with Crippen LogP contribution in [0, 0.1) is 0 Å². The fraction of sp³-hybridized carbons (Fsp3) is 0.333. The predicted molar refractivity (Wildman–Crippen MR) is 52.6 cm³/mol. The molecule has 0 amide bonds. The monoisotopic (exact) mass is 258 g/mol. The number of ether oxygens (including phenoxy) is 1. The molecular weight excluding hydrogens is 252 g/mol. The Kier molecular flexibility index (Phi) is 3.73. The third-order valence-corrected chi connectivity index (χ3v) is 2.36. The number of methoxy groups -OCH3 is 1. The Morgan fingerprint density at radius 3 is 2.33 bits per heavy atom. The van der Waals surface area contributed by atoms with E-state index in [1.54, 1.807) is 0 Å². The first-order valence-electron chi connectivity index (χ1n) is 3.89. The molecule has 0 aliphatic heterocycles. The second-order valence-corrected chi connectivity index (χ2v) is 3.46. The topological polar surface area (TPSA) is 9.23 Å². The summed E-state index contributed by atoms with van der Waals surface area (Å²) in [5, 5.41) is -0.0945. The molecule has 0 spiro atoms. The molecular formula is C9H7Cl2F3O. The lowest BCUT2D eigenvalue weighted by Crippen LogP contribution is -2.06. The predicted octanol–water partition coefficient (Wildman–Crippen LogP) is 4.11. The van der Waals surface area contributed by atoms with E-state index in [0.717, 1.165) is 12.1 Å². The van der Waals surface area contributed by atoms with Crippen molar-refractivity contribution >= 4 is 23.2 Å². The number of benzene rings is 1. The van der Waals surface area contributed by atoms with Crippen molar-refractivity contribution in [3.8, 4) is 5.75 Å². The summed E-state index contributed by atoms with van der Waals surface area (Å²) in [5.41, 5.74) is -0.608. The zero-order chi connectivity index (χ0) is 11.6. The highest BCUT2D eigenvalue weighted by atomic mass is 35.5. The molecule has 15 heavy (non-hydrogen) atoms. The normalized spacial score (nSPS) is 11.6. The summed E-state index contributed by atoms with van der Waals surface area (Å²) in [6.07, 6.45) is -4.43. The second kappa shape index (κ2) is 4.49. The van der Waals surface area contributed by atoms with Crippen molar-refractivity contribution in [3.63, 3.8) is 0 Å². The third-order valence-electron chi connectivity index (χ3n) is 1.80. The van der Waals surface area contributed by atoms with Crippen LogP contribution in [0.4, 0.5) is 13.2 Å². The zero-order valence-corrected chi connectivity index (χ0v) is 9.17. The minimum absolute atomic E-state index is 0.0905.